The van der Waals surface area contributed by atoms with E-state index in [9.17, 15) is 0 Å². The maximum absolute atomic E-state index is 4.98. The van der Waals surface area contributed by atoms with E-state index in [1.807, 2.05) is 11.8 Å². The Labute approximate surface area is 121 Å². The Morgan fingerprint density at radius 2 is 2.11 bits per heavy atom. The average molecular weight is 295 g/mol. The van der Waals surface area contributed by atoms with Crippen LogP contribution in [-0.4, -0.2) is 28.8 Å². The second kappa shape index (κ2) is 7.47. The highest BCUT2D eigenvalue weighted by molar-refractivity contribution is 7.99. The van der Waals surface area contributed by atoms with Gasteiger partial charge in [0.1, 0.15) is 6.61 Å². The van der Waals surface area contributed by atoms with Gasteiger partial charge in [-0.3, -0.25) is 0 Å². The molecular weight excluding hydrogens is 278 g/mol. The number of aromatic nitrogens is 2. The van der Waals surface area contributed by atoms with Gasteiger partial charge < -0.3 is 10.1 Å². The number of hydrogen-bond acceptors (Lipinski definition) is 6. The summed E-state index contributed by atoms with van der Waals surface area (Å²) in [5.41, 5.74) is 1.29. The molecule has 0 amide bonds. The van der Waals surface area contributed by atoms with Crippen molar-refractivity contribution in [2.75, 3.05) is 24.7 Å². The molecule has 0 fully saturated rings. The Morgan fingerprint density at radius 3 is 2.84 bits per heavy atom. The Bertz CT molecular complexity index is 499. The van der Waals surface area contributed by atoms with Crippen molar-refractivity contribution in [1.82, 2.24) is 9.36 Å². The van der Waals surface area contributed by atoms with Crippen LogP contribution in [0.4, 0.5) is 5.13 Å². The summed E-state index contributed by atoms with van der Waals surface area (Å²) in [6.45, 7) is 3.44. The molecule has 0 spiro atoms. The zero-order valence-electron chi connectivity index (χ0n) is 11.0. The van der Waals surface area contributed by atoms with Crippen LogP contribution in [0.25, 0.3) is 0 Å². The summed E-state index contributed by atoms with van der Waals surface area (Å²) in [6.07, 6.45) is 0. The molecule has 4 nitrogen and oxygen atoms in total. The molecular formula is C13H17N3OS2. The van der Waals surface area contributed by atoms with Crippen LogP contribution in [0.2, 0.25) is 0 Å². The van der Waals surface area contributed by atoms with E-state index in [1.165, 1.54) is 22.0 Å². The van der Waals surface area contributed by atoms with Gasteiger partial charge >= 0.3 is 0 Å². The Balaban J connectivity index is 1.69. The van der Waals surface area contributed by atoms with Gasteiger partial charge in [0.05, 0.1) is 0 Å². The third-order valence-corrected chi connectivity index (χ3v) is 4.13. The van der Waals surface area contributed by atoms with Crippen LogP contribution in [-0.2, 0) is 11.3 Å². The summed E-state index contributed by atoms with van der Waals surface area (Å²) in [5.74, 6) is 1.74. The number of thioether (sulfide) groups is 1. The molecule has 0 aliphatic heterocycles. The zero-order chi connectivity index (χ0) is 13.5. The second-order valence-electron chi connectivity index (χ2n) is 4.04. The number of nitrogens with one attached hydrogen (secondary N) is 1. The molecule has 0 atom stereocenters. The van der Waals surface area contributed by atoms with Crippen LogP contribution in [0.5, 0.6) is 0 Å². The number of ether oxygens (including phenoxy) is 1. The standard InChI is InChI=1S/C13H17N3OS2/c1-10-3-5-11(6-4-10)18-8-7-14-13-15-12(9-17-2)16-19-13/h3-6H,7-9H2,1-2H3,(H,14,15,16). The summed E-state index contributed by atoms with van der Waals surface area (Å²) in [7, 11) is 1.65. The molecule has 19 heavy (non-hydrogen) atoms. The number of methoxy groups -OCH3 is 1. The van der Waals surface area contributed by atoms with E-state index in [1.54, 1.807) is 7.11 Å². The number of rotatable bonds is 7. The molecule has 0 aliphatic rings. The molecule has 0 saturated heterocycles. The lowest BCUT2D eigenvalue weighted by atomic mass is 10.2. The van der Waals surface area contributed by atoms with E-state index in [-0.39, 0.29) is 0 Å². The summed E-state index contributed by atoms with van der Waals surface area (Å²) >= 11 is 3.21. The lowest BCUT2D eigenvalue weighted by Crippen LogP contribution is -2.03. The van der Waals surface area contributed by atoms with Crippen LogP contribution in [0.15, 0.2) is 29.2 Å². The van der Waals surface area contributed by atoms with Gasteiger partial charge in [0.2, 0.25) is 5.13 Å². The van der Waals surface area contributed by atoms with Gasteiger partial charge in [-0.1, -0.05) is 17.7 Å². The number of anilines is 1. The molecule has 0 saturated carbocycles. The lowest BCUT2D eigenvalue weighted by Gasteiger charge is -2.03. The molecule has 6 heteroatoms. The van der Waals surface area contributed by atoms with Gasteiger partial charge in [-0.05, 0) is 19.1 Å². The Hall–Kier alpha value is -1.11. The van der Waals surface area contributed by atoms with Gasteiger partial charge in [0, 0.05) is 35.8 Å². The van der Waals surface area contributed by atoms with Gasteiger partial charge in [-0.15, -0.1) is 11.8 Å². The first-order chi connectivity index (χ1) is 9.28. The molecule has 1 aromatic heterocycles. The molecule has 0 radical (unpaired) electrons. The first-order valence-corrected chi connectivity index (χ1v) is 7.78. The fraction of sp³-hybridized carbons (Fsp3) is 0.385. The minimum absolute atomic E-state index is 0.469. The fourth-order valence-corrected chi connectivity index (χ4v) is 2.84. The van der Waals surface area contributed by atoms with E-state index < -0.39 is 0 Å². The molecule has 0 bridgehead atoms. The van der Waals surface area contributed by atoms with Crippen molar-refractivity contribution in [3.63, 3.8) is 0 Å². The highest BCUT2D eigenvalue weighted by atomic mass is 32.2. The summed E-state index contributed by atoms with van der Waals surface area (Å²) in [5, 5.41) is 4.13. The highest BCUT2D eigenvalue weighted by Crippen LogP contribution is 2.18. The Morgan fingerprint density at radius 1 is 1.32 bits per heavy atom. The summed E-state index contributed by atoms with van der Waals surface area (Å²) < 4.78 is 9.17. The highest BCUT2D eigenvalue weighted by Gasteiger charge is 2.02. The third kappa shape index (κ3) is 4.81. The number of aryl methyl sites for hydroxylation is 1. The van der Waals surface area contributed by atoms with Crippen LogP contribution >= 0.6 is 23.3 Å². The van der Waals surface area contributed by atoms with Gasteiger partial charge in [-0.2, -0.15) is 4.37 Å². The SMILES string of the molecule is COCc1nsc(NCCSc2ccc(C)cc2)n1. The fourth-order valence-electron chi connectivity index (χ4n) is 1.47. The maximum atomic E-state index is 4.98. The monoisotopic (exact) mass is 295 g/mol. The average Bonchev–Trinajstić information content (AvgIpc) is 2.85. The molecule has 0 aliphatic carbocycles. The van der Waals surface area contributed by atoms with E-state index in [0.717, 1.165) is 23.3 Å². The normalized spacial score (nSPS) is 10.6. The summed E-state index contributed by atoms with van der Waals surface area (Å²) in [6, 6.07) is 8.58. The van der Waals surface area contributed by atoms with Crippen LogP contribution in [0, 0.1) is 6.92 Å². The molecule has 0 unspecified atom stereocenters. The van der Waals surface area contributed by atoms with Crippen molar-refractivity contribution in [2.24, 2.45) is 0 Å². The van der Waals surface area contributed by atoms with Crippen molar-refractivity contribution in [3.8, 4) is 0 Å². The van der Waals surface area contributed by atoms with Gasteiger partial charge in [0.25, 0.3) is 0 Å². The summed E-state index contributed by atoms with van der Waals surface area (Å²) in [4.78, 5) is 5.61. The van der Waals surface area contributed by atoms with E-state index >= 15 is 0 Å². The minimum atomic E-state index is 0.469. The predicted octanol–water partition coefficient (Wildman–Crippen LogP) is 3.20. The molecule has 2 aromatic rings. The first-order valence-electron chi connectivity index (χ1n) is 6.03. The predicted molar refractivity (Wildman–Crippen MR) is 81.0 cm³/mol. The minimum Gasteiger partial charge on any atom is -0.377 e. The number of benzene rings is 1. The lowest BCUT2D eigenvalue weighted by molar-refractivity contribution is 0.179. The van der Waals surface area contributed by atoms with E-state index in [0.29, 0.717) is 6.61 Å². The second-order valence-corrected chi connectivity index (χ2v) is 5.96. The molecule has 102 valence electrons. The smallest absolute Gasteiger partial charge is 0.202 e. The quantitative estimate of drug-likeness (QED) is 0.628. The largest absolute Gasteiger partial charge is 0.377 e. The maximum Gasteiger partial charge on any atom is 0.202 e. The van der Waals surface area contributed by atoms with Crippen molar-refractivity contribution < 1.29 is 4.74 Å². The first kappa shape index (κ1) is 14.3. The molecule has 1 heterocycles. The van der Waals surface area contributed by atoms with Crippen LogP contribution in [0.1, 0.15) is 11.4 Å². The third-order valence-electron chi connectivity index (χ3n) is 2.41. The van der Waals surface area contributed by atoms with E-state index in [4.69, 9.17) is 4.74 Å². The molecule has 2 rings (SSSR count). The van der Waals surface area contributed by atoms with Crippen molar-refractivity contribution >= 4 is 28.4 Å². The molecule has 1 N–H and O–H groups in total. The van der Waals surface area contributed by atoms with Crippen molar-refractivity contribution in [3.05, 3.63) is 35.7 Å². The van der Waals surface area contributed by atoms with Gasteiger partial charge in [0.15, 0.2) is 5.82 Å². The topological polar surface area (TPSA) is 47.0 Å². The van der Waals surface area contributed by atoms with Crippen molar-refractivity contribution in [1.29, 1.82) is 0 Å². The van der Waals surface area contributed by atoms with Crippen molar-refractivity contribution in [2.45, 2.75) is 18.4 Å². The zero-order valence-corrected chi connectivity index (χ0v) is 12.7. The molecule has 1 aromatic carbocycles. The number of hydrogen-bond donors (Lipinski definition) is 1. The number of nitrogens with zero attached hydrogens (tertiary/aromatic N) is 2. The van der Waals surface area contributed by atoms with E-state index in [2.05, 4.69) is 45.9 Å². The van der Waals surface area contributed by atoms with Crippen LogP contribution in [0.3, 0.4) is 0 Å². The van der Waals surface area contributed by atoms with Crippen LogP contribution < -0.4 is 5.32 Å². The Kier molecular flexibility index (Phi) is 5.62. The van der Waals surface area contributed by atoms with Gasteiger partial charge in [-0.25, -0.2) is 4.98 Å².